The van der Waals surface area contributed by atoms with Crippen LogP contribution in [0, 0.1) is 0 Å². The number of fused-ring (bicyclic) bond motifs is 1. The number of hydrogen-bond donors (Lipinski definition) is 1. The van der Waals surface area contributed by atoms with Gasteiger partial charge in [0.25, 0.3) is 0 Å². The van der Waals surface area contributed by atoms with Gasteiger partial charge in [0.2, 0.25) is 6.08 Å². The second-order valence-electron chi connectivity index (χ2n) is 3.70. The van der Waals surface area contributed by atoms with Crippen molar-refractivity contribution < 1.29 is 4.79 Å². The van der Waals surface area contributed by atoms with Crippen molar-refractivity contribution in [1.29, 1.82) is 0 Å². The molecular formula is C13H8N4O. The summed E-state index contributed by atoms with van der Waals surface area (Å²) >= 11 is 0. The number of hydrogen-bond acceptors (Lipinski definition) is 4. The lowest BCUT2D eigenvalue weighted by atomic mass is 10.3. The van der Waals surface area contributed by atoms with Crippen LogP contribution in [0.5, 0.6) is 0 Å². The molecule has 0 aliphatic carbocycles. The maximum atomic E-state index is 10.2. The zero-order valence-electron chi connectivity index (χ0n) is 9.29. The topological polar surface area (TPSA) is 71.0 Å². The molecule has 0 saturated heterocycles. The minimum atomic E-state index is 0.550. The van der Waals surface area contributed by atoms with Crippen LogP contribution >= 0.6 is 0 Å². The first kappa shape index (κ1) is 10.4. The Labute approximate surface area is 102 Å². The number of carbonyl (C=O) groups excluding carboxylic acids is 1. The van der Waals surface area contributed by atoms with Crippen molar-refractivity contribution in [3.8, 4) is 11.5 Å². The van der Waals surface area contributed by atoms with Gasteiger partial charge < -0.3 is 4.98 Å². The molecule has 2 heterocycles. The van der Waals surface area contributed by atoms with Gasteiger partial charge in [0, 0.05) is 6.20 Å². The van der Waals surface area contributed by atoms with Crippen LogP contribution in [0.15, 0.2) is 47.6 Å². The fourth-order valence-electron chi connectivity index (χ4n) is 1.74. The van der Waals surface area contributed by atoms with Crippen molar-refractivity contribution in [2.45, 2.75) is 0 Å². The average Bonchev–Trinajstić information content (AvgIpc) is 2.83. The van der Waals surface area contributed by atoms with Crippen molar-refractivity contribution in [2.24, 2.45) is 4.99 Å². The molecule has 5 nitrogen and oxygen atoms in total. The number of aromatic amines is 1. The second kappa shape index (κ2) is 4.24. The molecule has 2 aromatic heterocycles. The van der Waals surface area contributed by atoms with Gasteiger partial charge in [-0.15, -0.1) is 0 Å². The molecule has 86 valence electrons. The maximum absolute atomic E-state index is 10.2. The van der Waals surface area contributed by atoms with Crippen LogP contribution in [0.4, 0.5) is 5.69 Å². The Hall–Kier alpha value is -2.78. The Morgan fingerprint density at radius 2 is 2.17 bits per heavy atom. The molecule has 18 heavy (non-hydrogen) atoms. The number of aliphatic imine (C=N–C) groups is 1. The van der Waals surface area contributed by atoms with E-state index in [4.69, 9.17) is 0 Å². The molecule has 5 heteroatoms. The van der Waals surface area contributed by atoms with Crippen LogP contribution in [0.3, 0.4) is 0 Å². The molecule has 0 atom stereocenters. The average molecular weight is 236 g/mol. The van der Waals surface area contributed by atoms with E-state index in [-0.39, 0.29) is 0 Å². The number of H-pyrrole nitrogens is 1. The molecule has 0 radical (unpaired) electrons. The minimum Gasteiger partial charge on any atom is -0.337 e. The van der Waals surface area contributed by atoms with Crippen LogP contribution in [-0.2, 0) is 4.79 Å². The van der Waals surface area contributed by atoms with Gasteiger partial charge in [0.15, 0.2) is 5.82 Å². The lowest BCUT2D eigenvalue weighted by Crippen LogP contribution is -1.82. The minimum absolute atomic E-state index is 0.550. The first-order chi connectivity index (χ1) is 8.86. The van der Waals surface area contributed by atoms with Gasteiger partial charge in [-0.1, -0.05) is 6.07 Å². The Morgan fingerprint density at radius 1 is 1.22 bits per heavy atom. The normalized spacial score (nSPS) is 10.2. The third kappa shape index (κ3) is 1.79. The van der Waals surface area contributed by atoms with Crippen molar-refractivity contribution in [3.63, 3.8) is 0 Å². The van der Waals surface area contributed by atoms with Crippen molar-refractivity contribution >= 4 is 22.8 Å². The highest BCUT2D eigenvalue weighted by Crippen LogP contribution is 2.22. The number of rotatable bonds is 2. The maximum Gasteiger partial charge on any atom is 0.240 e. The third-order valence-electron chi connectivity index (χ3n) is 2.55. The lowest BCUT2D eigenvalue weighted by molar-refractivity contribution is 0.565. The molecule has 0 spiro atoms. The first-order valence-electron chi connectivity index (χ1n) is 5.36. The number of aromatic nitrogens is 3. The first-order valence-corrected chi connectivity index (χ1v) is 5.36. The largest absolute Gasteiger partial charge is 0.337 e. The Morgan fingerprint density at radius 3 is 2.94 bits per heavy atom. The monoisotopic (exact) mass is 236 g/mol. The van der Waals surface area contributed by atoms with Gasteiger partial charge in [-0.05, 0) is 30.3 Å². The molecule has 1 N–H and O–H groups in total. The van der Waals surface area contributed by atoms with Crippen LogP contribution in [0.1, 0.15) is 0 Å². The zero-order chi connectivity index (χ0) is 12.4. The van der Waals surface area contributed by atoms with Gasteiger partial charge in [0.05, 0.1) is 16.7 Å². The van der Waals surface area contributed by atoms with Crippen LogP contribution in [0.25, 0.3) is 22.6 Å². The van der Waals surface area contributed by atoms with Crippen LogP contribution in [-0.4, -0.2) is 21.0 Å². The number of nitrogens with zero attached hydrogens (tertiary/aromatic N) is 3. The molecule has 0 bridgehead atoms. The van der Waals surface area contributed by atoms with E-state index < -0.39 is 0 Å². The lowest BCUT2D eigenvalue weighted by Gasteiger charge is -1.92. The SMILES string of the molecule is O=C=Nc1ccc2nc(-c3ccccn3)[nH]c2c1. The molecule has 0 aliphatic heterocycles. The molecule has 0 saturated carbocycles. The molecule has 3 aromatic rings. The highest BCUT2D eigenvalue weighted by molar-refractivity contribution is 5.81. The van der Waals surface area contributed by atoms with Gasteiger partial charge in [-0.2, -0.15) is 4.99 Å². The summed E-state index contributed by atoms with van der Waals surface area (Å²) in [5.74, 6) is 0.692. The summed E-state index contributed by atoms with van der Waals surface area (Å²) in [6, 6.07) is 10.9. The highest BCUT2D eigenvalue weighted by Gasteiger charge is 2.06. The van der Waals surface area contributed by atoms with E-state index in [2.05, 4.69) is 19.9 Å². The fraction of sp³-hybridized carbons (Fsp3) is 0. The molecule has 3 rings (SSSR count). The Balaban J connectivity index is 2.14. The molecule has 0 fully saturated rings. The van der Waals surface area contributed by atoms with E-state index in [1.165, 1.54) is 6.08 Å². The van der Waals surface area contributed by atoms with E-state index in [0.717, 1.165) is 16.7 Å². The van der Waals surface area contributed by atoms with E-state index >= 15 is 0 Å². The summed E-state index contributed by atoms with van der Waals surface area (Å²) in [6.07, 6.45) is 3.23. The van der Waals surface area contributed by atoms with Crippen LogP contribution in [0.2, 0.25) is 0 Å². The predicted octanol–water partition coefficient (Wildman–Crippen LogP) is 2.59. The number of imidazole rings is 1. The molecule has 0 aliphatic rings. The van der Waals surface area contributed by atoms with Crippen molar-refractivity contribution in [3.05, 3.63) is 42.6 Å². The van der Waals surface area contributed by atoms with E-state index in [1.807, 2.05) is 18.2 Å². The molecular weight excluding hydrogens is 228 g/mol. The summed E-state index contributed by atoms with van der Waals surface area (Å²) < 4.78 is 0. The summed E-state index contributed by atoms with van der Waals surface area (Å²) in [4.78, 5) is 25.6. The predicted molar refractivity (Wildman–Crippen MR) is 67.1 cm³/mol. The number of benzene rings is 1. The van der Waals surface area contributed by atoms with Gasteiger partial charge in [-0.25, -0.2) is 9.78 Å². The number of nitrogens with one attached hydrogen (secondary N) is 1. The number of isocyanates is 1. The smallest absolute Gasteiger partial charge is 0.240 e. The molecule has 0 unspecified atom stereocenters. The fourth-order valence-corrected chi connectivity index (χ4v) is 1.74. The second-order valence-corrected chi connectivity index (χ2v) is 3.70. The third-order valence-corrected chi connectivity index (χ3v) is 2.55. The van der Waals surface area contributed by atoms with Gasteiger partial charge in [0.1, 0.15) is 5.69 Å². The Kier molecular flexibility index (Phi) is 2.44. The summed E-state index contributed by atoms with van der Waals surface area (Å²) in [5.41, 5.74) is 2.94. The summed E-state index contributed by atoms with van der Waals surface area (Å²) in [7, 11) is 0. The summed E-state index contributed by atoms with van der Waals surface area (Å²) in [6.45, 7) is 0. The standard InChI is InChI=1S/C13H8N4O/c18-8-15-9-4-5-10-12(7-9)17-13(16-10)11-3-1-2-6-14-11/h1-7H,(H,16,17). The molecule has 1 aromatic carbocycles. The molecule has 0 amide bonds. The van der Waals surface area contributed by atoms with Gasteiger partial charge in [-0.3, -0.25) is 4.98 Å². The van der Waals surface area contributed by atoms with E-state index in [9.17, 15) is 4.79 Å². The van der Waals surface area contributed by atoms with E-state index in [0.29, 0.717) is 11.5 Å². The quantitative estimate of drug-likeness (QED) is 0.549. The highest BCUT2D eigenvalue weighted by atomic mass is 16.1. The zero-order valence-corrected chi connectivity index (χ0v) is 9.29. The van der Waals surface area contributed by atoms with Crippen molar-refractivity contribution in [1.82, 2.24) is 15.0 Å². The summed E-state index contributed by atoms with van der Waals surface area (Å²) in [5, 5.41) is 0. The van der Waals surface area contributed by atoms with E-state index in [1.54, 1.807) is 24.4 Å². The van der Waals surface area contributed by atoms with Crippen molar-refractivity contribution in [2.75, 3.05) is 0 Å². The van der Waals surface area contributed by atoms with Crippen LogP contribution < -0.4 is 0 Å². The van der Waals surface area contributed by atoms with Gasteiger partial charge >= 0.3 is 0 Å². The number of pyridine rings is 1. The Bertz CT molecular complexity index is 742.